The van der Waals surface area contributed by atoms with Crippen LogP contribution in [-0.2, 0) is 0 Å². The number of benzene rings is 1. The molecule has 0 amide bonds. The van der Waals surface area contributed by atoms with Gasteiger partial charge in [0, 0.05) is 34.2 Å². The molecule has 1 aliphatic rings. The second-order valence-electron chi connectivity index (χ2n) is 5.18. The van der Waals surface area contributed by atoms with E-state index in [1.165, 1.54) is 0 Å². The first-order chi connectivity index (χ1) is 9.97. The van der Waals surface area contributed by atoms with Crippen LogP contribution in [0.5, 0.6) is 0 Å². The van der Waals surface area contributed by atoms with E-state index in [2.05, 4.69) is 10.3 Å². The van der Waals surface area contributed by atoms with Gasteiger partial charge in [-0.25, -0.2) is 4.79 Å². The van der Waals surface area contributed by atoms with Crippen molar-refractivity contribution in [3.63, 3.8) is 0 Å². The lowest BCUT2D eigenvalue weighted by Gasteiger charge is -2.01. The maximum Gasteiger partial charge on any atom is 0.337 e. The highest BCUT2D eigenvalue weighted by Crippen LogP contribution is 2.34. The number of carboxylic acids is 1. The summed E-state index contributed by atoms with van der Waals surface area (Å²) in [6, 6.07) is 5.73. The number of carboxylic acid groups (broad SMARTS) is 1. The van der Waals surface area contributed by atoms with Crippen LogP contribution >= 0.6 is 11.6 Å². The fourth-order valence-electron chi connectivity index (χ4n) is 2.76. The summed E-state index contributed by atoms with van der Waals surface area (Å²) in [6.45, 7) is 4.30. The lowest BCUT2D eigenvalue weighted by molar-refractivity contribution is 0.0695. The predicted octanol–water partition coefficient (Wildman–Crippen LogP) is 3.95. The molecule has 3 N–H and O–H groups in total. The number of aromatic carboxylic acids is 1. The summed E-state index contributed by atoms with van der Waals surface area (Å²) in [5.41, 5.74) is 5.80. The van der Waals surface area contributed by atoms with Crippen molar-refractivity contribution in [1.82, 2.24) is 4.98 Å². The molecule has 21 heavy (non-hydrogen) atoms. The number of aromatic amines is 1. The van der Waals surface area contributed by atoms with Crippen LogP contribution in [0.3, 0.4) is 0 Å². The lowest BCUT2D eigenvalue weighted by Crippen LogP contribution is -1.98. The van der Waals surface area contributed by atoms with Crippen LogP contribution in [0.2, 0.25) is 5.02 Å². The second kappa shape index (κ2) is 4.97. The summed E-state index contributed by atoms with van der Waals surface area (Å²) in [5, 5.41) is 13.2. The molecule has 2 heterocycles. The van der Waals surface area contributed by atoms with Gasteiger partial charge in [-0.05, 0) is 49.3 Å². The van der Waals surface area contributed by atoms with Gasteiger partial charge >= 0.3 is 5.97 Å². The third-order valence-electron chi connectivity index (χ3n) is 3.81. The van der Waals surface area contributed by atoms with E-state index in [0.717, 1.165) is 28.1 Å². The zero-order chi connectivity index (χ0) is 15.1. The molecule has 1 aromatic heterocycles. The SMILES string of the molecule is Cc1[nH]c(/C=C2\CNc3ccc(Cl)cc32)c(C)c1C(=O)O. The summed E-state index contributed by atoms with van der Waals surface area (Å²) in [6.07, 6.45) is 1.99. The molecule has 0 atom stereocenters. The van der Waals surface area contributed by atoms with Gasteiger partial charge in [0.05, 0.1) is 5.56 Å². The smallest absolute Gasteiger partial charge is 0.337 e. The topological polar surface area (TPSA) is 65.1 Å². The number of H-pyrrole nitrogens is 1. The number of rotatable bonds is 2. The van der Waals surface area contributed by atoms with E-state index in [1.807, 2.05) is 31.2 Å². The number of anilines is 1. The Morgan fingerprint density at radius 3 is 2.81 bits per heavy atom. The molecule has 1 aromatic carbocycles. The zero-order valence-electron chi connectivity index (χ0n) is 11.7. The molecule has 0 radical (unpaired) electrons. The van der Waals surface area contributed by atoms with Crippen molar-refractivity contribution in [3.8, 4) is 0 Å². The quantitative estimate of drug-likeness (QED) is 0.787. The average molecular weight is 303 g/mol. The molecular formula is C16H15ClN2O2. The van der Waals surface area contributed by atoms with Crippen LogP contribution < -0.4 is 5.32 Å². The van der Waals surface area contributed by atoms with Crippen molar-refractivity contribution in [2.75, 3.05) is 11.9 Å². The molecule has 3 rings (SSSR count). The average Bonchev–Trinajstić information content (AvgIpc) is 2.92. The van der Waals surface area contributed by atoms with E-state index >= 15 is 0 Å². The minimum absolute atomic E-state index is 0.346. The zero-order valence-corrected chi connectivity index (χ0v) is 12.5. The first kappa shape index (κ1) is 13.8. The molecule has 0 spiro atoms. The Balaban J connectivity index is 2.08. The molecule has 0 fully saturated rings. The van der Waals surface area contributed by atoms with Crippen LogP contribution in [0, 0.1) is 13.8 Å². The number of nitrogens with one attached hydrogen (secondary N) is 2. The van der Waals surface area contributed by atoms with E-state index in [-0.39, 0.29) is 0 Å². The van der Waals surface area contributed by atoms with Crippen LogP contribution in [0.15, 0.2) is 18.2 Å². The van der Waals surface area contributed by atoms with E-state index in [0.29, 0.717) is 22.8 Å². The monoisotopic (exact) mass is 302 g/mol. The summed E-state index contributed by atoms with van der Waals surface area (Å²) in [7, 11) is 0. The first-order valence-electron chi connectivity index (χ1n) is 6.64. The van der Waals surface area contributed by atoms with Crippen molar-refractivity contribution in [2.45, 2.75) is 13.8 Å². The molecule has 1 aliphatic heterocycles. The van der Waals surface area contributed by atoms with Crippen LogP contribution in [-0.4, -0.2) is 22.6 Å². The fraction of sp³-hybridized carbons (Fsp3) is 0.188. The van der Waals surface area contributed by atoms with Crippen molar-refractivity contribution in [2.24, 2.45) is 0 Å². The summed E-state index contributed by atoms with van der Waals surface area (Å²) >= 11 is 6.05. The Bertz CT molecular complexity index is 775. The number of halogens is 1. The van der Waals surface area contributed by atoms with Gasteiger partial charge in [-0.1, -0.05) is 11.6 Å². The van der Waals surface area contributed by atoms with Crippen molar-refractivity contribution in [3.05, 3.63) is 51.3 Å². The third-order valence-corrected chi connectivity index (χ3v) is 4.04. The largest absolute Gasteiger partial charge is 0.478 e. The van der Waals surface area contributed by atoms with Crippen LogP contribution in [0.1, 0.15) is 32.9 Å². The van der Waals surface area contributed by atoms with Gasteiger partial charge in [-0.3, -0.25) is 0 Å². The minimum Gasteiger partial charge on any atom is -0.478 e. The molecule has 0 saturated carbocycles. The van der Waals surface area contributed by atoms with Gasteiger partial charge in [0.15, 0.2) is 0 Å². The van der Waals surface area contributed by atoms with E-state index < -0.39 is 5.97 Å². The van der Waals surface area contributed by atoms with Crippen molar-refractivity contribution in [1.29, 1.82) is 0 Å². The van der Waals surface area contributed by atoms with Gasteiger partial charge in [0.1, 0.15) is 0 Å². The number of fused-ring (bicyclic) bond motifs is 1. The number of aromatic nitrogens is 1. The van der Waals surface area contributed by atoms with E-state index in [1.54, 1.807) is 6.92 Å². The van der Waals surface area contributed by atoms with Crippen molar-refractivity contribution >= 4 is 34.9 Å². The van der Waals surface area contributed by atoms with Gasteiger partial charge < -0.3 is 15.4 Å². The summed E-state index contributed by atoms with van der Waals surface area (Å²) < 4.78 is 0. The molecule has 4 nitrogen and oxygen atoms in total. The minimum atomic E-state index is -0.904. The standard InChI is InChI=1S/C16H15ClN2O2/c1-8-14(19-9(2)15(8)16(20)21)5-10-7-18-13-4-3-11(17)6-12(10)13/h3-6,18-19H,7H2,1-2H3,(H,20,21)/b10-5+. The van der Waals surface area contributed by atoms with Crippen molar-refractivity contribution < 1.29 is 9.90 Å². The van der Waals surface area contributed by atoms with Gasteiger partial charge in [-0.2, -0.15) is 0 Å². The normalized spacial score (nSPS) is 15.1. The molecule has 0 saturated heterocycles. The molecule has 0 bridgehead atoms. The number of hydrogen-bond acceptors (Lipinski definition) is 2. The molecule has 0 unspecified atom stereocenters. The summed E-state index contributed by atoms with van der Waals surface area (Å²) in [5.74, 6) is -0.904. The molecule has 0 aliphatic carbocycles. The fourth-order valence-corrected chi connectivity index (χ4v) is 2.94. The van der Waals surface area contributed by atoms with Gasteiger partial charge in [0.2, 0.25) is 0 Å². The lowest BCUT2D eigenvalue weighted by atomic mass is 10.0. The highest BCUT2D eigenvalue weighted by Gasteiger charge is 2.19. The molecule has 5 heteroatoms. The third kappa shape index (κ3) is 2.32. The van der Waals surface area contributed by atoms with Crippen LogP contribution in [0.25, 0.3) is 11.6 Å². The van der Waals surface area contributed by atoms with E-state index in [9.17, 15) is 9.90 Å². The number of hydrogen-bond donors (Lipinski definition) is 3. The number of carbonyl (C=O) groups is 1. The summed E-state index contributed by atoms with van der Waals surface area (Å²) in [4.78, 5) is 14.4. The van der Waals surface area contributed by atoms with Crippen LogP contribution in [0.4, 0.5) is 5.69 Å². The Hall–Kier alpha value is -2.20. The van der Waals surface area contributed by atoms with Gasteiger partial charge in [0.25, 0.3) is 0 Å². The second-order valence-corrected chi connectivity index (χ2v) is 5.62. The van der Waals surface area contributed by atoms with E-state index in [4.69, 9.17) is 11.6 Å². The Morgan fingerprint density at radius 1 is 1.38 bits per heavy atom. The predicted molar refractivity (Wildman–Crippen MR) is 85.0 cm³/mol. The Kier molecular flexibility index (Phi) is 3.26. The maximum absolute atomic E-state index is 11.3. The Morgan fingerprint density at radius 2 is 2.14 bits per heavy atom. The van der Waals surface area contributed by atoms with Gasteiger partial charge in [-0.15, -0.1) is 0 Å². The first-order valence-corrected chi connectivity index (χ1v) is 7.02. The highest BCUT2D eigenvalue weighted by molar-refractivity contribution is 6.31. The Labute approximate surface area is 127 Å². The molecule has 2 aromatic rings. The number of aryl methyl sites for hydroxylation is 1. The molecule has 108 valence electrons. The maximum atomic E-state index is 11.3. The molecular weight excluding hydrogens is 288 g/mol. The highest BCUT2D eigenvalue weighted by atomic mass is 35.5.